The fraction of sp³-hybridized carbons (Fsp3) is 0.250. The second-order valence-electron chi connectivity index (χ2n) is 6.70. The van der Waals surface area contributed by atoms with E-state index in [1.54, 1.807) is 18.2 Å². The number of anilines is 2. The zero-order valence-corrected chi connectivity index (χ0v) is 17.5. The molecule has 1 fully saturated rings. The number of hydrogen-bond acceptors (Lipinski definition) is 6. The molecule has 158 valence electrons. The first kappa shape index (κ1) is 20.6. The quantitative estimate of drug-likeness (QED) is 0.666. The Kier molecular flexibility index (Phi) is 5.44. The molecule has 0 spiro atoms. The molecule has 1 saturated heterocycles. The molecule has 2 aromatic rings. The van der Waals surface area contributed by atoms with E-state index in [2.05, 4.69) is 0 Å². The van der Waals surface area contributed by atoms with Crippen LogP contribution in [0.1, 0.15) is 0 Å². The van der Waals surface area contributed by atoms with Crippen LogP contribution in [0.4, 0.5) is 15.8 Å². The largest absolute Gasteiger partial charge is 0.495 e. The Morgan fingerprint density at radius 3 is 2.57 bits per heavy atom. The predicted octanol–water partition coefficient (Wildman–Crippen LogP) is 3.11. The summed E-state index contributed by atoms with van der Waals surface area (Å²) in [4.78, 5) is 15.4. The summed E-state index contributed by atoms with van der Waals surface area (Å²) in [6, 6.07) is 8.13. The number of morpholine rings is 1. The second kappa shape index (κ2) is 7.90. The number of rotatable bonds is 3. The molecule has 30 heavy (non-hydrogen) atoms. The van der Waals surface area contributed by atoms with E-state index < -0.39 is 26.5 Å². The lowest BCUT2D eigenvalue weighted by Gasteiger charge is -2.32. The van der Waals surface area contributed by atoms with Gasteiger partial charge in [-0.15, -0.1) is 0 Å². The maximum Gasteiger partial charge on any atom is 0.267 e. The zero-order chi connectivity index (χ0) is 21.5. The van der Waals surface area contributed by atoms with Gasteiger partial charge in [0, 0.05) is 25.0 Å². The molecule has 2 heterocycles. The lowest BCUT2D eigenvalue weighted by atomic mass is 10.2. The lowest BCUT2D eigenvalue weighted by Crippen LogP contribution is -2.43. The Morgan fingerprint density at radius 1 is 1.17 bits per heavy atom. The summed E-state index contributed by atoms with van der Waals surface area (Å²) in [6.07, 6.45) is 1.22. The van der Waals surface area contributed by atoms with Crippen LogP contribution in [-0.2, 0) is 19.4 Å². The number of sulfone groups is 1. The third-order valence-electron chi connectivity index (χ3n) is 4.93. The molecule has 2 aliphatic rings. The number of carbonyl (C=O) groups is 1. The van der Waals surface area contributed by atoms with Gasteiger partial charge in [-0.2, -0.15) is 0 Å². The zero-order valence-electron chi connectivity index (χ0n) is 16.0. The van der Waals surface area contributed by atoms with Gasteiger partial charge in [0.05, 0.1) is 35.9 Å². The van der Waals surface area contributed by atoms with Gasteiger partial charge >= 0.3 is 0 Å². The number of halogens is 2. The molecule has 2 aliphatic heterocycles. The van der Waals surface area contributed by atoms with Crippen LogP contribution in [-0.4, -0.2) is 52.6 Å². The summed E-state index contributed by atoms with van der Waals surface area (Å²) in [5, 5.41) is 0.288. The number of nitrogens with zero attached hydrogens (tertiary/aromatic N) is 2. The van der Waals surface area contributed by atoms with Crippen LogP contribution in [0.2, 0.25) is 5.02 Å². The van der Waals surface area contributed by atoms with E-state index >= 15 is 0 Å². The smallest absolute Gasteiger partial charge is 0.267 e. The molecule has 10 heteroatoms. The van der Waals surface area contributed by atoms with Gasteiger partial charge in [-0.05, 0) is 36.4 Å². The van der Waals surface area contributed by atoms with E-state index in [1.165, 1.54) is 23.1 Å². The van der Waals surface area contributed by atoms with Crippen molar-refractivity contribution in [3.63, 3.8) is 0 Å². The van der Waals surface area contributed by atoms with Crippen molar-refractivity contribution in [1.82, 2.24) is 4.90 Å². The third-order valence-corrected chi connectivity index (χ3v) is 7.01. The van der Waals surface area contributed by atoms with Crippen molar-refractivity contribution < 1.29 is 27.1 Å². The van der Waals surface area contributed by atoms with Crippen molar-refractivity contribution in [2.75, 3.05) is 38.3 Å². The molecule has 0 unspecified atom stereocenters. The normalized spacial score (nSPS) is 17.9. The molecule has 1 amide bonds. The van der Waals surface area contributed by atoms with E-state index in [4.69, 9.17) is 21.1 Å². The molecule has 7 nitrogen and oxygen atoms in total. The van der Waals surface area contributed by atoms with Crippen LogP contribution in [0.5, 0.6) is 5.75 Å². The molecule has 0 saturated carbocycles. The second-order valence-corrected chi connectivity index (χ2v) is 9.00. The van der Waals surface area contributed by atoms with Gasteiger partial charge in [0.25, 0.3) is 5.91 Å². The Hall–Kier alpha value is -2.62. The summed E-state index contributed by atoms with van der Waals surface area (Å²) in [5.74, 6) is -0.805. The van der Waals surface area contributed by atoms with Gasteiger partial charge in [-0.25, -0.2) is 12.8 Å². The lowest BCUT2D eigenvalue weighted by molar-refractivity contribution is -0.130. The number of carbonyl (C=O) groups excluding carboxylic acids is 1. The minimum Gasteiger partial charge on any atom is -0.495 e. The first-order valence-corrected chi connectivity index (χ1v) is 11.0. The number of hydrogen-bond donors (Lipinski definition) is 0. The molecule has 2 aromatic carbocycles. The Bertz CT molecular complexity index is 1150. The van der Waals surface area contributed by atoms with E-state index in [0.29, 0.717) is 24.7 Å². The monoisotopic (exact) mass is 452 g/mol. The highest BCUT2D eigenvalue weighted by Crippen LogP contribution is 2.42. The Morgan fingerprint density at radius 2 is 1.90 bits per heavy atom. The van der Waals surface area contributed by atoms with E-state index in [9.17, 15) is 17.6 Å². The van der Waals surface area contributed by atoms with Crippen molar-refractivity contribution >= 4 is 38.7 Å². The highest BCUT2D eigenvalue weighted by atomic mass is 35.5. The standard InChI is InChI=1S/C20H18ClFN2O5S/c1-28-17-4-3-14(11-15(17)21)24-12-19(20(25)23-6-8-29-9-7-23)30(26,27)18-5-2-13(22)10-16(18)24/h2-5,10-12H,6-9H2,1H3. The summed E-state index contributed by atoms with van der Waals surface area (Å²) in [6.45, 7) is 1.24. The summed E-state index contributed by atoms with van der Waals surface area (Å²) in [5.41, 5.74) is 0.546. The van der Waals surface area contributed by atoms with Gasteiger partial charge in [0.2, 0.25) is 9.84 Å². The molecule has 0 N–H and O–H groups in total. The molecule has 4 rings (SSSR count). The van der Waals surface area contributed by atoms with Crippen LogP contribution in [0.15, 0.2) is 52.4 Å². The highest BCUT2D eigenvalue weighted by Gasteiger charge is 2.38. The predicted molar refractivity (Wildman–Crippen MR) is 109 cm³/mol. The minimum absolute atomic E-state index is 0.0924. The maximum absolute atomic E-state index is 14.0. The summed E-state index contributed by atoms with van der Waals surface area (Å²) >= 11 is 6.23. The SMILES string of the molecule is COc1ccc(N2C=C(C(=O)N3CCOCC3)S(=O)(=O)c3ccc(F)cc32)cc1Cl. The van der Waals surface area contributed by atoms with E-state index in [-0.39, 0.29) is 28.7 Å². The fourth-order valence-corrected chi connectivity index (χ4v) is 5.16. The van der Waals surface area contributed by atoms with Crippen LogP contribution in [0.25, 0.3) is 0 Å². The van der Waals surface area contributed by atoms with E-state index in [1.807, 2.05) is 0 Å². The first-order valence-electron chi connectivity index (χ1n) is 9.09. The number of benzene rings is 2. The topological polar surface area (TPSA) is 76.2 Å². The van der Waals surface area contributed by atoms with Crippen LogP contribution in [0, 0.1) is 5.82 Å². The average molecular weight is 453 g/mol. The summed E-state index contributed by atoms with van der Waals surface area (Å²) < 4.78 is 50.8. The van der Waals surface area contributed by atoms with Crippen LogP contribution < -0.4 is 9.64 Å². The van der Waals surface area contributed by atoms with Crippen molar-refractivity contribution in [3.8, 4) is 5.75 Å². The fourth-order valence-electron chi connectivity index (χ4n) is 3.39. The molecule has 0 bridgehead atoms. The average Bonchev–Trinajstić information content (AvgIpc) is 2.73. The van der Waals surface area contributed by atoms with Gasteiger partial charge in [0.1, 0.15) is 11.6 Å². The van der Waals surface area contributed by atoms with Crippen molar-refractivity contribution in [2.45, 2.75) is 4.90 Å². The van der Waals surface area contributed by atoms with Gasteiger partial charge in [-0.3, -0.25) is 4.79 Å². The number of ether oxygens (including phenoxy) is 2. The Labute approximate surface area is 178 Å². The minimum atomic E-state index is -4.15. The van der Waals surface area contributed by atoms with Crippen molar-refractivity contribution in [3.05, 3.63) is 58.3 Å². The summed E-state index contributed by atoms with van der Waals surface area (Å²) in [7, 11) is -2.68. The Balaban J connectivity index is 1.87. The highest BCUT2D eigenvalue weighted by molar-refractivity contribution is 7.96. The molecule has 0 aliphatic carbocycles. The van der Waals surface area contributed by atoms with Crippen LogP contribution in [0.3, 0.4) is 0 Å². The van der Waals surface area contributed by atoms with Gasteiger partial charge < -0.3 is 19.3 Å². The van der Waals surface area contributed by atoms with Crippen molar-refractivity contribution in [1.29, 1.82) is 0 Å². The number of amides is 1. The molecule has 0 radical (unpaired) electrons. The molecule has 0 aromatic heterocycles. The maximum atomic E-state index is 14.0. The molecular formula is C20H18ClFN2O5S. The molecular weight excluding hydrogens is 435 g/mol. The number of fused-ring (bicyclic) bond motifs is 1. The van der Waals surface area contributed by atoms with Crippen molar-refractivity contribution in [2.24, 2.45) is 0 Å². The van der Waals surface area contributed by atoms with Gasteiger partial charge in [0.15, 0.2) is 4.91 Å². The van der Waals surface area contributed by atoms with Crippen LogP contribution >= 0.6 is 11.6 Å². The van der Waals surface area contributed by atoms with Gasteiger partial charge in [-0.1, -0.05) is 11.6 Å². The molecule has 0 atom stereocenters. The van der Waals surface area contributed by atoms with E-state index in [0.717, 1.165) is 18.2 Å². The first-order chi connectivity index (χ1) is 14.3. The number of methoxy groups -OCH3 is 1. The third kappa shape index (κ3) is 3.53.